The summed E-state index contributed by atoms with van der Waals surface area (Å²) in [5, 5.41) is 2.87. The minimum Gasteiger partial charge on any atom is -0.459 e. The monoisotopic (exact) mass is 374 g/mol. The Hall–Kier alpha value is -2.57. The zero-order valence-electron chi connectivity index (χ0n) is 15.8. The fourth-order valence-electron chi connectivity index (χ4n) is 3.20. The number of anilines is 1. The number of hydrogen-bond acceptors (Lipinski definition) is 5. The minimum atomic E-state index is -0.390. The summed E-state index contributed by atoms with van der Waals surface area (Å²) in [4.78, 5) is 37.6. The molecule has 1 N–H and O–H groups in total. The lowest BCUT2D eigenvalue weighted by molar-refractivity contribution is -0.117. The number of rotatable bonds is 5. The summed E-state index contributed by atoms with van der Waals surface area (Å²) in [6, 6.07) is 6.74. The molecule has 7 nitrogen and oxygen atoms in total. The SMILES string of the molecule is CCOC(=O)N1CCC(OC(=O)c2ccc(NC(=O)[C@H]3C[C@H]3C)cc2)CC1. The molecule has 2 amide bonds. The van der Waals surface area contributed by atoms with Gasteiger partial charge in [-0.15, -0.1) is 0 Å². The van der Waals surface area contributed by atoms with E-state index in [0.717, 1.165) is 6.42 Å². The van der Waals surface area contributed by atoms with Crippen LogP contribution in [0.15, 0.2) is 24.3 Å². The number of amides is 2. The number of benzene rings is 1. The lowest BCUT2D eigenvalue weighted by Crippen LogP contribution is -2.41. The molecule has 1 saturated heterocycles. The molecule has 0 aromatic heterocycles. The van der Waals surface area contributed by atoms with Crippen LogP contribution >= 0.6 is 0 Å². The molecule has 1 aliphatic carbocycles. The highest BCUT2D eigenvalue weighted by Gasteiger charge is 2.39. The van der Waals surface area contributed by atoms with E-state index in [1.807, 2.05) is 0 Å². The van der Waals surface area contributed by atoms with Crippen molar-refractivity contribution in [1.29, 1.82) is 0 Å². The molecule has 0 bridgehead atoms. The van der Waals surface area contributed by atoms with E-state index in [1.165, 1.54) is 0 Å². The van der Waals surface area contributed by atoms with Crippen molar-refractivity contribution < 1.29 is 23.9 Å². The van der Waals surface area contributed by atoms with Gasteiger partial charge in [0, 0.05) is 37.5 Å². The van der Waals surface area contributed by atoms with Crippen molar-refractivity contribution >= 4 is 23.7 Å². The number of carbonyl (C=O) groups is 3. The summed E-state index contributed by atoms with van der Waals surface area (Å²) < 4.78 is 10.5. The molecular formula is C20H26N2O5. The van der Waals surface area contributed by atoms with Crippen LogP contribution in [0.3, 0.4) is 0 Å². The molecule has 0 spiro atoms. The first-order valence-electron chi connectivity index (χ1n) is 9.51. The van der Waals surface area contributed by atoms with Gasteiger partial charge in [0.1, 0.15) is 6.10 Å². The van der Waals surface area contributed by atoms with Crippen molar-refractivity contribution in [1.82, 2.24) is 4.90 Å². The third kappa shape index (κ3) is 4.99. The van der Waals surface area contributed by atoms with Crippen LogP contribution in [0.4, 0.5) is 10.5 Å². The highest BCUT2D eigenvalue weighted by Crippen LogP contribution is 2.38. The summed E-state index contributed by atoms with van der Waals surface area (Å²) in [5.74, 6) is 0.203. The Balaban J connectivity index is 1.46. The molecule has 1 heterocycles. The third-order valence-corrected chi connectivity index (χ3v) is 5.08. The fraction of sp³-hybridized carbons (Fsp3) is 0.550. The summed E-state index contributed by atoms with van der Waals surface area (Å²) >= 11 is 0. The van der Waals surface area contributed by atoms with Gasteiger partial charge in [-0.25, -0.2) is 9.59 Å². The second kappa shape index (κ2) is 8.41. The lowest BCUT2D eigenvalue weighted by Gasteiger charge is -2.30. The molecule has 27 heavy (non-hydrogen) atoms. The molecule has 2 atom stereocenters. The van der Waals surface area contributed by atoms with Crippen molar-refractivity contribution in [3.8, 4) is 0 Å². The average molecular weight is 374 g/mol. The van der Waals surface area contributed by atoms with Crippen LogP contribution in [0.25, 0.3) is 0 Å². The lowest BCUT2D eigenvalue weighted by atomic mass is 10.1. The van der Waals surface area contributed by atoms with Gasteiger partial charge >= 0.3 is 12.1 Å². The van der Waals surface area contributed by atoms with E-state index in [4.69, 9.17) is 9.47 Å². The van der Waals surface area contributed by atoms with Crippen molar-refractivity contribution in [3.05, 3.63) is 29.8 Å². The Morgan fingerprint density at radius 2 is 1.78 bits per heavy atom. The van der Waals surface area contributed by atoms with Crippen LogP contribution in [0.5, 0.6) is 0 Å². The number of nitrogens with one attached hydrogen (secondary N) is 1. The normalized spacial score (nSPS) is 22.1. The smallest absolute Gasteiger partial charge is 0.409 e. The molecular weight excluding hydrogens is 348 g/mol. The van der Waals surface area contributed by atoms with Crippen LogP contribution in [0.2, 0.25) is 0 Å². The Bertz CT molecular complexity index is 695. The minimum absolute atomic E-state index is 0.0335. The van der Waals surface area contributed by atoms with Gasteiger partial charge in [-0.05, 0) is 43.5 Å². The number of hydrogen-bond donors (Lipinski definition) is 1. The number of ether oxygens (including phenoxy) is 2. The highest BCUT2D eigenvalue weighted by molar-refractivity contribution is 5.95. The molecule has 7 heteroatoms. The van der Waals surface area contributed by atoms with Crippen LogP contribution < -0.4 is 5.32 Å². The predicted octanol–water partition coefficient (Wildman–Crippen LogP) is 3.06. The maximum absolute atomic E-state index is 12.3. The van der Waals surface area contributed by atoms with Gasteiger partial charge in [-0.3, -0.25) is 4.79 Å². The van der Waals surface area contributed by atoms with Crippen molar-refractivity contribution in [2.45, 2.75) is 39.2 Å². The van der Waals surface area contributed by atoms with Crippen LogP contribution in [-0.4, -0.2) is 48.7 Å². The molecule has 146 valence electrons. The standard InChI is InChI=1S/C20H26N2O5/c1-3-26-20(25)22-10-8-16(9-11-22)27-19(24)14-4-6-15(7-5-14)21-18(23)17-12-13(17)2/h4-7,13,16-17H,3,8-12H2,1-2H3,(H,21,23)/t13-,17+/m1/s1. The van der Waals surface area contributed by atoms with E-state index in [-0.39, 0.29) is 24.0 Å². The molecule has 2 aliphatic rings. The van der Waals surface area contributed by atoms with E-state index in [1.54, 1.807) is 36.1 Å². The molecule has 2 fully saturated rings. The number of esters is 1. The number of carbonyl (C=O) groups excluding carboxylic acids is 3. The zero-order chi connectivity index (χ0) is 19.4. The second-order valence-electron chi connectivity index (χ2n) is 7.18. The van der Waals surface area contributed by atoms with Gasteiger partial charge in [0.25, 0.3) is 0 Å². The molecule has 1 aromatic carbocycles. The summed E-state index contributed by atoms with van der Waals surface area (Å²) in [6.45, 7) is 5.21. The molecule has 1 aromatic rings. The first kappa shape index (κ1) is 19.2. The van der Waals surface area contributed by atoms with Crippen LogP contribution in [0.1, 0.15) is 43.5 Å². The third-order valence-electron chi connectivity index (χ3n) is 5.08. The predicted molar refractivity (Wildman–Crippen MR) is 99.4 cm³/mol. The quantitative estimate of drug-likeness (QED) is 0.801. The maximum Gasteiger partial charge on any atom is 0.409 e. The molecule has 3 rings (SSSR count). The summed E-state index contributed by atoms with van der Waals surface area (Å²) in [7, 11) is 0. The first-order valence-corrected chi connectivity index (χ1v) is 9.51. The van der Waals surface area contributed by atoms with E-state index in [2.05, 4.69) is 12.2 Å². The molecule has 1 saturated carbocycles. The summed E-state index contributed by atoms with van der Waals surface area (Å²) in [6.07, 6.45) is 1.60. The molecule has 0 unspecified atom stereocenters. The van der Waals surface area contributed by atoms with E-state index in [9.17, 15) is 14.4 Å². The van der Waals surface area contributed by atoms with Gasteiger partial charge in [0.15, 0.2) is 0 Å². The average Bonchev–Trinajstić information content (AvgIpc) is 3.40. The Labute approximate surface area is 159 Å². The highest BCUT2D eigenvalue weighted by atomic mass is 16.6. The van der Waals surface area contributed by atoms with E-state index >= 15 is 0 Å². The second-order valence-corrected chi connectivity index (χ2v) is 7.18. The van der Waals surface area contributed by atoms with Crippen LogP contribution in [-0.2, 0) is 14.3 Å². The van der Waals surface area contributed by atoms with Crippen molar-refractivity contribution in [3.63, 3.8) is 0 Å². The number of piperidine rings is 1. The largest absolute Gasteiger partial charge is 0.459 e. The van der Waals surface area contributed by atoms with Gasteiger partial charge in [0.2, 0.25) is 5.91 Å². The maximum atomic E-state index is 12.3. The molecule has 0 radical (unpaired) electrons. The summed E-state index contributed by atoms with van der Waals surface area (Å²) in [5.41, 5.74) is 1.12. The Morgan fingerprint density at radius 3 is 2.33 bits per heavy atom. The number of likely N-dealkylation sites (tertiary alicyclic amines) is 1. The fourth-order valence-corrected chi connectivity index (χ4v) is 3.20. The van der Waals surface area contributed by atoms with Crippen molar-refractivity contribution in [2.24, 2.45) is 11.8 Å². The van der Waals surface area contributed by atoms with Crippen LogP contribution in [0, 0.1) is 11.8 Å². The molecule has 1 aliphatic heterocycles. The Kier molecular flexibility index (Phi) is 5.98. The zero-order valence-corrected chi connectivity index (χ0v) is 15.8. The van der Waals surface area contributed by atoms with E-state index < -0.39 is 5.97 Å². The first-order chi connectivity index (χ1) is 13.0. The van der Waals surface area contributed by atoms with Gasteiger partial charge < -0.3 is 19.7 Å². The van der Waals surface area contributed by atoms with E-state index in [0.29, 0.717) is 49.7 Å². The number of nitrogens with zero attached hydrogens (tertiary/aromatic N) is 1. The topological polar surface area (TPSA) is 84.9 Å². The Morgan fingerprint density at radius 1 is 1.15 bits per heavy atom. The van der Waals surface area contributed by atoms with Gasteiger partial charge in [-0.1, -0.05) is 6.92 Å². The van der Waals surface area contributed by atoms with Gasteiger partial charge in [0.05, 0.1) is 12.2 Å². The van der Waals surface area contributed by atoms with Gasteiger partial charge in [-0.2, -0.15) is 0 Å². The van der Waals surface area contributed by atoms with Crippen molar-refractivity contribution in [2.75, 3.05) is 25.0 Å².